The summed E-state index contributed by atoms with van der Waals surface area (Å²) in [5, 5.41) is 12.0. The second-order valence-corrected chi connectivity index (χ2v) is 6.98. The Hall–Kier alpha value is -1.92. The van der Waals surface area contributed by atoms with Crippen molar-refractivity contribution in [3.05, 3.63) is 35.4 Å². The molecule has 2 heterocycles. The van der Waals surface area contributed by atoms with Crippen LogP contribution in [0.3, 0.4) is 0 Å². The Bertz CT molecular complexity index is 594. The molecule has 0 saturated carbocycles. The molecule has 2 aliphatic rings. The normalized spacial score (nSPS) is 22.4. The highest BCUT2D eigenvalue weighted by molar-refractivity contribution is 5.94. The van der Waals surface area contributed by atoms with Gasteiger partial charge in [-0.2, -0.15) is 0 Å². The summed E-state index contributed by atoms with van der Waals surface area (Å²) in [6, 6.07) is 7.10. The molecule has 6 nitrogen and oxygen atoms in total. The van der Waals surface area contributed by atoms with Gasteiger partial charge in [-0.15, -0.1) is 0 Å². The van der Waals surface area contributed by atoms with Crippen LogP contribution in [0.2, 0.25) is 0 Å². The number of rotatable bonds is 4. The highest BCUT2D eigenvalue weighted by atomic mass is 16.4. The number of nitrogens with one attached hydrogen (secondary N) is 1. The van der Waals surface area contributed by atoms with Crippen molar-refractivity contribution in [2.45, 2.75) is 38.3 Å². The monoisotopic (exact) mass is 345 g/mol. The molecule has 0 spiro atoms. The zero-order valence-electron chi connectivity index (χ0n) is 14.6. The SMILES string of the molecule is O=C(O)[C@H]1CN(C(=O)c2ccc(CN3CCCCCC3)cc2)CCN1. The molecule has 2 N–H and O–H groups in total. The van der Waals surface area contributed by atoms with Crippen molar-refractivity contribution in [1.82, 2.24) is 15.1 Å². The van der Waals surface area contributed by atoms with Crippen LogP contribution in [0, 0.1) is 0 Å². The molecule has 0 aromatic heterocycles. The van der Waals surface area contributed by atoms with Crippen LogP contribution in [0.4, 0.5) is 0 Å². The maximum absolute atomic E-state index is 12.6. The Kier molecular flexibility index (Phi) is 6.04. The lowest BCUT2D eigenvalue weighted by Crippen LogP contribution is -2.55. The minimum absolute atomic E-state index is 0.0888. The van der Waals surface area contributed by atoms with Gasteiger partial charge in [0, 0.05) is 31.7 Å². The topological polar surface area (TPSA) is 72.9 Å². The van der Waals surface area contributed by atoms with Gasteiger partial charge in [0.15, 0.2) is 0 Å². The van der Waals surface area contributed by atoms with E-state index in [4.69, 9.17) is 5.11 Å². The van der Waals surface area contributed by atoms with Crippen molar-refractivity contribution >= 4 is 11.9 Å². The van der Waals surface area contributed by atoms with E-state index in [2.05, 4.69) is 10.2 Å². The van der Waals surface area contributed by atoms with Gasteiger partial charge in [0.25, 0.3) is 5.91 Å². The van der Waals surface area contributed by atoms with E-state index in [1.807, 2.05) is 24.3 Å². The summed E-state index contributed by atoms with van der Waals surface area (Å²) < 4.78 is 0. The molecular weight excluding hydrogens is 318 g/mol. The molecule has 0 radical (unpaired) electrons. The first-order valence-electron chi connectivity index (χ1n) is 9.20. The quantitative estimate of drug-likeness (QED) is 0.866. The third-order valence-corrected chi connectivity index (χ3v) is 5.07. The van der Waals surface area contributed by atoms with Crippen LogP contribution in [-0.2, 0) is 11.3 Å². The zero-order valence-corrected chi connectivity index (χ0v) is 14.6. The highest BCUT2D eigenvalue weighted by Gasteiger charge is 2.28. The average molecular weight is 345 g/mol. The van der Waals surface area contributed by atoms with Gasteiger partial charge >= 0.3 is 5.97 Å². The summed E-state index contributed by atoms with van der Waals surface area (Å²) in [6.45, 7) is 4.50. The zero-order chi connectivity index (χ0) is 17.6. The van der Waals surface area contributed by atoms with Gasteiger partial charge in [-0.05, 0) is 43.6 Å². The van der Waals surface area contributed by atoms with Gasteiger partial charge < -0.3 is 15.3 Å². The van der Waals surface area contributed by atoms with Crippen LogP contribution in [0.5, 0.6) is 0 Å². The van der Waals surface area contributed by atoms with Gasteiger partial charge in [0.2, 0.25) is 0 Å². The summed E-state index contributed by atoms with van der Waals surface area (Å²) in [5.74, 6) is -1.00. The van der Waals surface area contributed by atoms with Crippen molar-refractivity contribution in [2.75, 3.05) is 32.7 Å². The molecule has 1 aromatic rings. The van der Waals surface area contributed by atoms with Gasteiger partial charge in [0.05, 0.1) is 0 Å². The Morgan fingerprint density at radius 1 is 1.04 bits per heavy atom. The lowest BCUT2D eigenvalue weighted by molar-refractivity contribution is -0.140. The van der Waals surface area contributed by atoms with Crippen molar-refractivity contribution < 1.29 is 14.7 Å². The highest BCUT2D eigenvalue weighted by Crippen LogP contribution is 2.15. The van der Waals surface area contributed by atoms with Crippen molar-refractivity contribution in [2.24, 2.45) is 0 Å². The Labute approximate surface area is 148 Å². The first-order chi connectivity index (χ1) is 12.1. The van der Waals surface area contributed by atoms with Crippen LogP contribution in [0.1, 0.15) is 41.6 Å². The lowest BCUT2D eigenvalue weighted by Gasteiger charge is -2.31. The minimum Gasteiger partial charge on any atom is -0.480 e. The van der Waals surface area contributed by atoms with Gasteiger partial charge in [0.1, 0.15) is 6.04 Å². The van der Waals surface area contributed by atoms with Crippen molar-refractivity contribution in [3.8, 4) is 0 Å². The maximum Gasteiger partial charge on any atom is 0.322 e. The molecule has 2 saturated heterocycles. The molecule has 0 unspecified atom stereocenters. The van der Waals surface area contributed by atoms with E-state index in [-0.39, 0.29) is 12.5 Å². The van der Waals surface area contributed by atoms with Crippen LogP contribution in [0.15, 0.2) is 24.3 Å². The van der Waals surface area contributed by atoms with E-state index in [0.29, 0.717) is 18.7 Å². The molecule has 6 heteroatoms. The molecule has 0 bridgehead atoms. The Balaban J connectivity index is 1.59. The number of benzene rings is 1. The first kappa shape index (κ1) is 17.9. The lowest BCUT2D eigenvalue weighted by atomic mass is 10.1. The summed E-state index contributed by atoms with van der Waals surface area (Å²) in [4.78, 5) is 27.8. The fourth-order valence-electron chi connectivity index (χ4n) is 3.59. The number of carbonyl (C=O) groups is 2. The Morgan fingerprint density at radius 2 is 1.72 bits per heavy atom. The standard InChI is InChI=1S/C19H27N3O3/c23-18(22-12-9-20-17(14-22)19(24)25)16-7-5-15(6-8-16)13-21-10-3-1-2-4-11-21/h5-8,17,20H,1-4,9-14H2,(H,24,25)/t17-/m1/s1. The second-order valence-electron chi connectivity index (χ2n) is 6.98. The maximum atomic E-state index is 12.6. The number of likely N-dealkylation sites (tertiary alicyclic amines) is 1. The van der Waals surface area contributed by atoms with E-state index >= 15 is 0 Å². The molecule has 1 atom stereocenters. The third-order valence-electron chi connectivity index (χ3n) is 5.07. The number of hydrogen-bond donors (Lipinski definition) is 2. The number of piperazine rings is 1. The predicted molar refractivity (Wildman–Crippen MR) is 95.5 cm³/mol. The average Bonchev–Trinajstić information content (AvgIpc) is 2.90. The van der Waals surface area contributed by atoms with Gasteiger partial charge in [-0.3, -0.25) is 14.5 Å². The van der Waals surface area contributed by atoms with Crippen LogP contribution in [0.25, 0.3) is 0 Å². The largest absolute Gasteiger partial charge is 0.480 e. The number of nitrogens with zero attached hydrogens (tertiary/aromatic N) is 2. The summed E-state index contributed by atoms with van der Waals surface area (Å²) >= 11 is 0. The molecule has 3 rings (SSSR count). The number of amides is 1. The number of hydrogen-bond acceptors (Lipinski definition) is 4. The summed E-state index contributed by atoms with van der Waals surface area (Å²) in [7, 11) is 0. The van der Waals surface area contributed by atoms with E-state index in [1.165, 1.54) is 31.2 Å². The molecule has 2 aliphatic heterocycles. The second kappa shape index (κ2) is 8.45. The number of carboxylic acids is 1. The molecule has 1 amide bonds. The van der Waals surface area contributed by atoms with Crippen LogP contribution >= 0.6 is 0 Å². The molecule has 0 aliphatic carbocycles. The fraction of sp³-hybridized carbons (Fsp3) is 0.579. The van der Waals surface area contributed by atoms with E-state index in [9.17, 15) is 9.59 Å². The molecule has 2 fully saturated rings. The van der Waals surface area contributed by atoms with Crippen molar-refractivity contribution in [1.29, 1.82) is 0 Å². The van der Waals surface area contributed by atoms with E-state index < -0.39 is 12.0 Å². The fourth-order valence-corrected chi connectivity index (χ4v) is 3.59. The molecule has 25 heavy (non-hydrogen) atoms. The number of carbonyl (C=O) groups excluding carboxylic acids is 1. The Morgan fingerprint density at radius 3 is 2.36 bits per heavy atom. The van der Waals surface area contributed by atoms with E-state index in [1.54, 1.807) is 4.90 Å². The van der Waals surface area contributed by atoms with Gasteiger partial charge in [-0.1, -0.05) is 25.0 Å². The van der Waals surface area contributed by atoms with E-state index in [0.717, 1.165) is 19.6 Å². The van der Waals surface area contributed by atoms with Crippen LogP contribution in [-0.4, -0.2) is 65.5 Å². The summed E-state index contributed by atoms with van der Waals surface area (Å²) in [5.41, 5.74) is 1.85. The minimum atomic E-state index is -0.912. The number of aliphatic carboxylic acids is 1. The first-order valence-corrected chi connectivity index (χ1v) is 9.20. The van der Waals surface area contributed by atoms with Crippen LogP contribution < -0.4 is 5.32 Å². The third kappa shape index (κ3) is 4.80. The predicted octanol–water partition coefficient (Wildman–Crippen LogP) is 1.56. The number of carboxylic acid groups (broad SMARTS) is 1. The summed E-state index contributed by atoms with van der Waals surface area (Å²) in [6.07, 6.45) is 5.19. The molecular formula is C19H27N3O3. The van der Waals surface area contributed by atoms with Gasteiger partial charge in [-0.25, -0.2) is 0 Å². The van der Waals surface area contributed by atoms with Crippen molar-refractivity contribution in [3.63, 3.8) is 0 Å². The molecule has 136 valence electrons. The smallest absolute Gasteiger partial charge is 0.322 e. The molecule has 1 aromatic carbocycles.